The maximum atomic E-state index is 6.37. The van der Waals surface area contributed by atoms with Gasteiger partial charge in [-0.2, -0.15) is 0 Å². The van der Waals surface area contributed by atoms with E-state index in [1.54, 1.807) is 0 Å². The van der Waals surface area contributed by atoms with Crippen molar-refractivity contribution < 1.29 is 0 Å². The van der Waals surface area contributed by atoms with Crippen LogP contribution in [-0.4, -0.2) is 55.1 Å². The zero-order chi connectivity index (χ0) is 11.1. The molecule has 3 heteroatoms. The third kappa shape index (κ3) is 2.71. The molecule has 0 spiro atoms. The highest BCUT2D eigenvalue weighted by molar-refractivity contribution is 4.98. The van der Waals surface area contributed by atoms with Crippen LogP contribution in [0.3, 0.4) is 0 Å². The van der Waals surface area contributed by atoms with Gasteiger partial charge in [-0.25, -0.2) is 0 Å². The molecule has 0 amide bonds. The lowest BCUT2D eigenvalue weighted by molar-refractivity contribution is 0.217. The largest absolute Gasteiger partial charge is 0.324 e. The molecular weight excluding hydrogens is 186 g/mol. The van der Waals surface area contributed by atoms with Gasteiger partial charge < -0.3 is 10.6 Å². The summed E-state index contributed by atoms with van der Waals surface area (Å²) < 4.78 is 0. The fourth-order valence-electron chi connectivity index (χ4n) is 2.73. The zero-order valence-corrected chi connectivity index (χ0v) is 10.4. The first-order valence-corrected chi connectivity index (χ1v) is 6.17. The van der Waals surface area contributed by atoms with E-state index in [2.05, 4.69) is 30.8 Å². The van der Waals surface area contributed by atoms with Crippen molar-refractivity contribution in [2.45, 2.75) is 37.8 Å². The van der Waals surface area contributed by atoms with Gasteiger partial charge in [0.1, 0.15) is 0 Å². The van der Waals surface area contributed by atoms with E-state index in [1.165, 1.54) is 32.4 Å². The molecule has 0 bridgehead atoms. The predicted molar refractivity (Wildman–Crippen MR) is 63.8 cm³/mol. The molecule has 0 aromatic carbocycles. The summed E-state index contributed by atoms with van der Waals surface area (Å²) in [6.07, 6.45) is 3.99. The van der Waals surface area contributed by atoms with Crippen LogP contribution in [0.25, 0.3) is 0 Å². The Morgan fingerprint density at radius 3 is 2.47 bits per heavy atom. The van der Waals surface area contributed by atoms with Gasteiger partial charge in [0.15, 0.2) is 0 Å². The van der Waals surface area contributed by atoms with Crippen molar-refractivity contribution in [2.75, 3.05) is 33.7 Å². The van der Waals surface area contributed by atoms with Crippen LogP contribution in [0.1, 0.15) is 26.2 Å². The van der Waals surface area contributed by atoms with Crippen LogP contribution >= 0.6 is 0 Å². The minimum Gasteiger partial charge on any atom is -0.324 e. The van der Waals surface area contributed by atoms with Gasteiger partial charge in [0.2, 0.25) is 0 Å². The highest BCUT2D eigenvalue weighted by Crippen LogP contribution is 2.38. The second-order valence-electron chi connectivity index (χ2n) is 5.92. The standard InChI is InChI=1S/C12H25N3/c1-12(13,10-4-5-10)9-15-7-6-11(8-15)14(2)3/h10-11H,4-9,13H2,1-3H3. The highest BCUT2D eigenvalue weighted by atomic mass is 15.2. The first kappa shape index (κ1) is 11.4. The highest BCUT2D eigenvalue weighted by Gasteiger charge is 2.40. The molecule has 1 aliphatic carbocycles. The molecular formula is C12H25N3. The van der Waals surface area contributed by atoms with Gasteiger partial charge in [0.05, 0.1) is 0 Å². The van der Waals surface area contributed by atoms with Crippen LogP contribution in [-0.2, 0) is 0 Å². The summed E-state index contributed by atoms with van der Waals surface area (Å²) in [6, 6.07) is 0.736. The van der Waals surface area contributed by atoms with E-state index in [1.807, 2.05) is 0 Å². The quantitative estimate of drug-likeness (QED) is 0.745. The first-order valence-electron chi connectivity index (χ1n) is 6.17. The van der Waals surface area contributed by atoms with Gasteiger partial charge in [-0.15, -0.1) is 0 Å². The van der Waals surface area contributed by atoms with E-state index in [0.29, 0.717) is 0 Å². The monoisotopic (exact) mass is 211 g/mol. The Balaban J connectivity index is 1.81. The van der Waals surface area contributed by atoms with Crippen LogP contribution < -0.4 is 5.73 Å². The smallest absolute Gasteiger partial charge is 0.0283 e. The molecule has 2 aliphatic rings. The summed E-state index contributed by atoms with van der Waals surface area (Å²) in [6.45, 7) is 5.74. The average molecular weight is 211 g/mol. The van der Waals surface area contributed by atoms with Crippen LogP contribution in [0.5, 0.6) is 0 Å². The Morgan fingerprint density at radius 2 is 2.00 bits per heavy atom. The molecule has 0 aromatic heterocycles. The molecule has 1 saturated carbocycles. The molecule has 88 valence electrons. The molecule has 3 nitrogen and oxygen atoms in total. The van der Waals surface area contributed by atoms with E-state index in [-0.39, 0.29) is 5.54 Å². The van der Waals surface area contributed by atoms with Gasteiger partial charge >= 0.3 is 0 Å². The molecule has 2 N–H and O–H groups in total. The lowest BCUT2D eigenvalue weighted by Gasteiger charge is -2.30. The van der Waals surface area contributed by atoms with Crippen molar-refractivity contribution in [1.82, 2.24) is 9.80 Å². The number of likely N-dealkylation sites (tertiary alicyclic amines) is 1. The Kier molecular flexibility index (Phi) is 3.06. The van der Waals surface area contributed by atoms with E-state index in [9.17, 15) is 0 Å². The van der Waals surface area contributed by atoms with Crippen LogP contribution in [0, 0.1) is 5.92 Å². The zero-order valence-electron chi connectivity index (χ0n) is 10.4. The van der Waals surface area contributed by atoms with Crippen LogP contribution in [0.4, 0.5) is 0 Å². The number of hydrogen-bond acceptors (Lipinski definition) is 3. The third-order valence-electron chi connectivity index (χ3n) is 4.05. The minimum absolute atomic E-state index is 0.0567. The Hall–Kier alpha value is -0.120. The number of nitrogens with zero attached hydrogens (tertiary/aromatic N) is 2. The summed E-state index contributed by atoms with van der Waals surface area (Å²) in [7, 11) is 4.35. The molecule has 2 atom stereocenters. The number of rotatable bonds is 4. The Labute approximate surface area is 93.6 Å². The molecule has 15 heavy (non-hydrogen) atoms. The molecule has 0 radical (unpaired) electrons. The SMILES string of the molecule is CN(C)C1CCN(CC(C)(N)C2CC2)C1. The lowest BCUT2D eigenvalue weighted by Crippen LogP contribution is -2.49. The maximum absolute atomic E-state index is 6.37. The second-order valence-corrected chi connectivity index (χ2v) is 5.92. The average Bonchev–Trinajstić information content (AvgIpc) is 2.88. The van der Waals surface area contributed by atoms with Gasteiger partial charge in [0, 0.05) is 24.7 Å². The molecule has 1 saturated heterocycles. The van der Waals surface area contributed by atoms with Crippen molar-refractivity contribution >= 4 is 0 Å². The maximum Gasteiger partial charge on any atom is 0.0283 e. The lowest BCUT2D eigenvalue weighted by atomic mass is 9.97. The van der Waals surface area contributed by atoms with E-state index >= 15 is 0 Å². The van der Waals surface area contributed by atoms with Crippen molar-refractivity contribution in [3.8, 4) is 0 Å². The number of likely N-dealkylation sites (N-methyl/N-ethyl adjacent to an activating group) is 1. The van der Waals surface area contributed by atoms with E-state index in [4.69, 9.17) is 5.73 Å². The van der Waals surface area contributed by atoms with Gasteiger partial charge in [-0.05, 0) is 52.7 Å². The molecule has 2 rings (SSSR count). The second kappa shape index (κ2) is 4.04. The first-order chi connectivity index (χ1) is 6.99. The molecule has 0 aromatic rings. The summed E-state index contributed by atoms with van der Waals surface area (Å²) in [5.41, 5.74) is 6.42. The summed E-state index contributed by atoms with van der Waals surface area (Å²) in [5, 5.41) is 0. The van der Waals surface area contributed by atoms with Gasteiger partial charge in [0.25, 0.3) is 0 Å². The summed E-state index contributed by atoms with van der Waals surface area (Å²) in [4.78, 5) is 4.88. The fourth-order valence-corrected chi connectivity index (χ4v) is 2.73. The van der Waals surface area contributed by atoms with E-state index in [0.717, 1.165) is 18.5 Å². The Bertz CT molecular complexity index is 221. The third-order valence-corrected chi connectivity index (χ3v) is 4.05. The number of nitrogens with two attached hydrogens (primary N) is 1. The number of hydrogen-bond donors (Lipinski definition) is 1. The van der Waals surface area contributed by atoms with Crippen molar-refractivity contribution in [3.05, 3.63) is 0 Å². The molecule has 1 aliphatic heterocycles. The van der Waals surface area contributed by atoms with Crippen LogP contribution in [0.2, 0.25) is 0 Å². The van der Waals surface area contributed by atoms with Crippen molar-refractivity contribution in [3.63, 3.8) is 0 Å². The van der Waals surface area contributed by atoms with Crippen molar-refractivity contribution in [2.24, 2.45) is 11.7 Å². The van der Waals surface area contributed by atoms with Gasteiger partial charge in [-0.3, -0.25) is 4.90 Å². The Morgan fingerprint density at radius 1 is 1.33 bits per heavy atom. The minimum atomic E-state index is 0.0567. The summed E-state index contributed by atoms with van der Waals surface area (Å²) >= 11 is 0. The van der Waals surface area contributed by atoms with Crippen LogP contribution in [0.15, 0.2) is 0 Å². The molecule has 2 fully saturated rings. The van der Waals surface area contributed by atoms with E-state index < -0.39 is 0 Å². The van der Waals surface area contributed by atoms with Crippen molar-refractivity contribution in [1.29, 1.82) is 0 Å². The predicted octanol–water partition coefficient (Wildman–Crippen LogP) is 0.750. The molecule has 1 heterocycles. The molecule has 2 unspecified atom stereocenters. The topological polar surface area (TPSA) is 32.5 Å². The van der Waals surface area contributed by atoms with Gasteiger partial charge in [-0.1, -0.05) is 0 Å². The summed E-state index contributed by atoms with van der Waals surface area (Å²) in [5.74, 6) is 0.788. The fraction of sp³-hybridized carbons (Fsp3) is 1.00. The normalized spacial score (nSPS) is 32.2.